The average Bonchev–Trinajstić information content (AvgIpc) is 2.39. The van der Waals surface area contributed by atoms with Crippen LogP contribution in [0.25, 0.3) is 0 Å². The van der Waals surface area contributed by atoms with E-state index in [1.807, 2.05) is 5.32 Å². The molecule has 0 aromatic carbocycles. The molecule has 0 saturated carbocycles. The first-order valence-electron chi connectivity index (χ1n) is 4.12. The summed E-state index contributed by atoms with van der Waals surface area (Å²) in [5, 5.41) is 12.7. The van der Waals surface area contributed by atoms with Crippen LogP contribution in [0.15, 0.2) is 0 Å². The average molecular weight is 226 g/mol. The second-order valence-corrected chi connectivity index (χ2v) is 3.13. The summed E-state index contributed by atoms with van der Waals surface area (Å²) in [6, 6.07) is -0.991. The molecule has 1 heterocycles. The molecule has 0 aliphatic carbocycles. The zero-order valence-electron chi connectivity index (χ0n) is 7.47. The van der Waals surface area contributed by atoms with Crippen molar-refractivity contribution in [3.63, 3.8) is 0 Å². The van der Waals surface area contributed by atoms with Crippen molar-refractivity contribution >= 4 is 11.8 Å². The first-order chi connectivity index (χ1) is 6.80. The van der Waals surface area contributed by atoms with Gasteiger partial charge in [-0.2, -0.15) is 13.2 Å². The SMILES string of the molecule is O=C1CC(NCC(O)C(F)(F)F)C(=O)N1. The Morgan fingerprint density at radius 2 is 2.13 bits per heavy atom. The number of hydrogen-bond donors (Lipinski definition) is 3. The predicted octanol–water partition coefficient (Wildman–Crippen LogP) is -1.09. The minimum Gasteiger partial charge on any atom is -0.382 e. The van der Waals surface area contributed by atoms with Crippen molar-refractivity contribution in [3.8, 4) is 0 Å². The maximum Gasteiger partial charge on any atom is 0.415 e. The van der Waals surface area contributed by atoms with E-state index in [9.17, 15) is 22.8 Å². The Morgan fingerprint density at radius 1 is 1.53 bits per heavy atom. The molecule has 0 aromatic heterocycles. The van der Waals surface area contributed by atoms with Crippen LogP contribution in [0.4, 0.5) is 13.2 Å². The van der Waals surface area contributed by atoms with Crippen LogP contribution < -0.4 is 10.6 Å². The molecular weight excluding hydrogens is 217 g/mol. The highest BCUT2D eigenvalue weighted by Gasteiger charge is 2.39. The highest BCUT2D eigenvalue weighted by atomic mass is 19.4. The van der Waals surface area contributed by atoms with Crippen molar-refractivity contribution in [2.24, 2.45) is 0 Å². The van der Waals surface area contributed by atoms with Gasteiger partial charge in [-0.3, -0.25) is 14.9 Å². The van der Waals surface area contributed by atoms with Crippen LogP contribution >= 0.6 is 0 Å². The van der Waals surface area contributed by atoms with Gasteiger partial charge in [0, 0.05) is 6.54 Å². The fraction of sp³-hybridized carbons (Fsp3) is 0.714. The van der Waals surface area contributed by atoms with E-state index in [0.29, 0.717) is 0 Å². The molecule has 86 valence electrons. The topological polar surface area (TPSA) is 78.4 Å². The third-order valence-corrected chi connectivity index (χ3v) is 1.90. The van der Waals surface area contributed by atoms with Gasteiger partial charge in [-0.15, -0.1) is 0 Å². The molecule has 2 unspecified atom stereocenters. The van der Waals surface area contributed by atoms with Crippen molar-refractivity contribution in [2.75, 3.05) is 6.54 Å². The highest BCUT2D eigenvalue weighted by Crippen LogP contribution is 2.19. The summed E-state index contributed by atoms with van der Waals surface area (Å²) < 4.78 is 35.5. The summed E-state index contributed by atoms with van der Waals surface area (Å²) in [5.74, 6) is -1.21. The smallest absolute Gasteiger partial charge is 0.382 e. The summed E-state index contributed by atoms with van der Waals surface area (Å²) in [7, 11) is 0. The van der Waals surface area contributed by atoms with Gasteiger partial charge in [0.2, 0.25) is 11.8 Å². The van der Waals surface area contributed by atoms with E-state index >= 15 is 0 Å². The second-order valence-electron chi connectivity index (χ2n) is 3.13. The number of rotatable bonds is 3. The van der Waals surface area contributed by atoms with E-state index in [2.05, 4.69) is 5.32 Å². The lowest BCUT2D eigenvalue weighted by Crippen LogP contribution is -2.44. The Labute approximate surface area is 82.6 Å². The fourth-order valence-electron chi connectivity index (χ4n) is 1.09. The van der Waals surface area contributed by atoms with Crippen molar-refractivity contribution < 1.29 is 27.9 Å². The molecule has 0 spiro atoms. The van der Waals surface area contributed by atoms with Gasteiger partial charge < -0.3 is 10.4 Å². The van der Waals surface area contributed by atoms with Gasteiger partial charge >= 0.3 is 6.18 Å². The molecule has 1 rings (SSSR count). The summed E-state index contributed by atoms with van der Waals surface area (Å²) in [6.45, 7) is -0.811. The van der Waals surface area contributed by atoms with E-state index in [0.717, 1.165) is 0 Å². The molecule has 3 N–H and O–H groups in total. The molecule has 1 fully saturated rings. The van der Waals surface area contributed by atoms with Crippen molar-refractivity contribution in [3.05, 3.63) is 0 Å². The number of halogens is 3. The Balaban J connectivity index is 2.38. The molecule has 2 amide bonds. The third kappa shape index (κ3) is 3.17. The first-order valence-corrected chi connectivity index (χ1v) is 4.12. The van der Waals surface area contributed by atoms with E-state index < -0.39 is 36.7 Å². The Hall–Kier alpha value is -1.15. The van der Waals surface area contributed by atoms with Crippen LogP contribution in [0.5, 0.6) is 0 Å². The van der Waals surface area contributed by atoms with Crippen LogP contribution in [0.2, 0.25) is 0 Å². The van der Waals surface area contributed by atoms with E-state index in [1.54, 1.807) is 0 Å². The lowest BCUT2D eigenvalue weighted by atomic mass is 10.2. The van der Waals surface area contributed by atoms with Crippen LogP contribution in [0.3, 0.4) is 0 Å². The van der Waals surface area contributed by atoms with E-state index in [-0.39, 0.29) is 6.42 Å². The Bertz CT molecular complexity index is 279. The minimum atomic E-state index is -4.73. The number of carbonyl (C=O) groups is 2. The monoisotopic (exact) mass is 226 g/mol. The van der Waals surface area contributed by atoms with Gasteiger partial charge in [0.25, 0.3) is 0 Å². The van der Waals surface area contributed by atoms with Gasteiger partial charge in [-0.1, -0.05) is 0 Å². The summed E-state index contributed by atoms with van der Waals surface area (Å²) >= 11 is 0. The van der Waals surface area contributed by atoms with Crippen LogP contribution in [-0.4, -0.2) is 41.8 Å². The molecule has 5 nitrogen and oxygen atoms in total. The highest BCUT2D eigenvalue weighted by molar-refractivity contribution is 6.05. The van der Waals surface area contributed by atoms with E-state index in [1.165, 1.54) is 0 Å². The molecule has 1 aliphatic rings. The van der Waals surface area contributed by atoms with Crippen molar-refractivity contribution in [1.82, 2.24) is 10.6 Å². The Kier molecular flexibility index (Phi) is 3.30. The summed E-state index contributed by atoms with van der Waals surface area (Å²) in [5.41, 5.74) is 0. The van der Waals surface area contributed by atoms with Gasteiger partial charge in [0.1, 0.15) is 0 Å². The number of hydrogen-bond acceptors (Lipinski definition) is 4. The molecule has 0 bridgehead atoms. The zero-order valence-corrected chi connectivity index (χ0v) is 7.47. The van der Waals surface area contributed by atoms with Crippen LogP contribution in [0, 0.1) is 0 Å². The van der Waals surface area contributed by atoms with Crippen LogP contribution in [0.1, 0.15) is 6.42 Å². The maximum absolute atomic E-state index is 11.8. The number of aliphatic hydroxyl groups excluding tert-OH is 1. The maximum atomic E-state index is 11.8. The molecule has 1 aliphatic heterocycles. The zero-order chi connectivity index (χ0) is 11.6. The number of aliphatic hydroxyl groups is 1. The van der Waals surface area contributed by atoms with E-state index in [4.69, 9.17) is 5.11 Å². The van der Waals surface area contributed by atoms with Crippen LogP contribution in [-0.2, 0) is 9.59 Å². The van der Waals surface area contributed by atoms with Gasteiger partial charge in [0.15, 0.2) is 6.10 Å². The number of amides is 2. The summed E-state index contributed by atoms with van der Waals surface area (Å²) in [6.07, 6.45) is -7.48. The number of nitrogens with one attached hydrogen (secondary N) is 2. The quantitative estimate of drug-likeness (QED) is 0.534. The number of imide groups is 1. The molecule has 1 saturated heterocycles. The largest absolute Gasteiger partial charge is 0.415 e. The Morgan fingerprint density at radius 3 is 2.53 bits per heavy atom. The summed E-state index contributed by atoms with van der Waals surface area (Å²) in [4.78, 5) is 21.5. The molecule has 2 atom stereocenters. The first kappa shape index (κ1) is 11.9. The lowest BCUT2D eigenvalue weighted by molar-refractivity contribution is -0.202. The second kappa shape index (κ2) is 4.15. The van der Waals surface area contributed by atoms with Crippen molar-refractivity contribution in [1.29, 1.82) is 0 Å². The standard InChI is InChI=1S/C7H9F3N2O3/c8-7(9,10)4(13)2-11-3-1-5(14)12-6(3)15/h3-4,11,13H,1-2H2,(H,12,14,15). The lowest BCUT2D eigenvalue weighted by Gasteiger charge is -2.16. The molecule has 8 heteroatoms. The number of alkyl halides is 3. The predicted molar refractivity (Wildman–Crippen MR) is 41.6 cm³/mol. The molecule has 15 heavy (non-hydrogen) atoms. The molecular formula is C7H9F3N2O3. The van der Waals surface area contributed by atoms with Gasteiger partial charge in [-0.05, 0) is 0 Å². The van der Waals surface area contributed by atoms with Gasteiger partial charge in [-0.25, -0.2) is 0 Å². The minimum absolute atomic E-state index is 0.205. The normalized spacial score (nSPS) is 24.1. The molecule has 0 radical (unpaired) electrons. The number of carbonyl (C=O) groups excluding carboxylic acids is 2. The third-order valence-electron chi connectivity index (χ3n) is 1.90. The molecule has 0 aromatic rings. The van der Waals surface area contributed by atoms with Crippen molar-refractivity contribution in [2.45, 2.75) is 24.7 Å². The fourth-order valence-corrected chi connectivity index (χ4v) is 1.09. The van der Waals surface area contributed by atoms with Gasteiger partial charge in [0.05, 0.1) is 12.5 Å².